The van der Waals surface area contributed by atoms with Gasteiger partial charge < -0.3 is 14.6 Å². The van der Waals surface area contributed by atoms with Crippen LogP contribution in [0.5, 0.6) is 17.2 Å². The van der Waals surface area contributed by atoms with Crippen molar-refractivity contribution in [1.82, 2.24) is 0 Å². The lowest BCUT2D eigenvalue weighted by atomic mass is 9.49. The molecular formula is C47H37ClN2O8. The molecule has 2 saturated heterocycles. The first kappa shape index (κ1) is 37.1. The monoisotopic (exact) mass is 792 g/mol. The Hall–Kier alpha value is -6.52. The van der Waals surface area contributed by atoms with Gasteiger partial charge in [-0.15, -0.1) is 0 Å². The lowest BCUT2D eigenvalue weighted by Gasteiger charge is -2.51. The molecule has 2 aliphatic carbocycles. The van der Waals surface area contributed by atoms with Crippen molar-refractivity contribution in [2.75, 3.05) is 24.0 Å². The van der Waals surface area contributed by atoms with Crippen LogP contribution in [0.3, 0.4) is 0 Å². The van der Waals surface area contributed by atoms with Crippen molar-refractivity contribution in [1.29, 1.82) is 0 Å². The number of ketones is 1. The fourth-order valence-electron chi connectivity index (χ4n) is 9.99. The molecule has 0 unspecified atom stereocenters. The van der Waals surface area contributed by atoms with Crippen LogP contribution < -0.4 is 19.3 Å². The van der Waals surface area contributed by atoms with E-state index in [1.807, 2.05) is 30.3 Å². The SMILES string of the molecule is COc1cc(O)c([C@H]2C3=CC[C@@H]4C(=O)N(c5ccc(C(=O)c6ccccc6)cc5)C(=O)[C@@H]4[C@@H]3C[C@H]3C(=O)N(c4cccc(Cl)c4)C(=O)[C@@]23c2ccccc2)c(OC)c1. The zero-order chi connectivity index (χ0) is 40.5. The van der Waals surface area contributed by atoms with Crippen molar-refractivity contribution < 1.29 is 38.6 Å². The summed E-state index contributed by atoms with van der Waals surface area (Å²) in [5.74, 6) is -6.09. The molecule has 0 bridgehead atoms. The van der Waals surface area contributed by atoms with Gasteiger partial charge in [0.25, 0.3) is 0 Å². The molecule has 0 aromatic heterocycles. The number of rotatable bonds is 8. The van der Waals surface area contributed by atoms with Gasteiger partial charge in [-0.3, -0.25) is 28.9 Å². The van der Waals surface area contributed by atoms with Crippen LogP contribution in [0.25, 0.3) is 0 Å². The van der Waals surface area contributed by atoms with E-state index in [9.17, 15) is 19.5 Å². The Balaban J connectivity index is 1.20. The van der Waals surface area contributed by atoms with E-state index in [0.29, 0.717) is 44.4 Å². The summed E-state index contributed by atoms with van der Waals surface area (Å²) in [6, 6.07) is 33.9. The summed E-state index contributed by atoms with van der Waals surface area (Å²) in [5, 5.41) is 12.3. The topological polar surface area (TPSA) is 131 Å². The summed E-state index contributed by atoms with van der Waals surface area (Å²) in [6.45, 7) is 0. The summed E-state index contributed by atoms with van der Waals surface area (Å²) in [5.41, 5.74) is 1.38. The van der Waals surface area contributed by atoms with Crippen molar-refractivity contribution in [2.24, 2.45) is 23.7 Å². The molecule has 2 aliphatic heterocycles. The highest BCUT2D eigenvalue weighted by Gasteiger charge is 2.71. The third-order valence-electron chi connectivity index (χ3n) is 12.4. The molecule has 11 heteroatoms. The minimum Gasteiger partial charge on any atom is -0.507 e. The summed E-state index contributed by atoms with van der Waals surface area (Å²) < 4.78 is 11.4. The molecule has 0 radical (unpaired) electrons. The molecule has 5 aromatic carbocycles. The molecule has 290 valence electrons. The number of allylic oxidation sites excluding steroid dienone is 2. The lowest BCUT2D eigenvalue weighted by molar-refractivity contribution is -0.127. The van der Waals surface area contributed by atoms with Crippen molar-refractivity contribution in [3.05, 3.63) is 160 Å². The Morgan fingerprint density at radius 3 is 2.09 bits per heavy atom. The minimum absolute atomic E-state index is 0.0661. The summed E-state index contributed by atoms with van der Waals surface area (Å²) in [7, 11) is 2.91. The van der Waals surface area contributed by atoms with E-state index < -0.39 is 52.7 Å². The number of aromatic hydroxyl groups is 1. The number of fused-ring (bicyclic) bond motifs is 4. The molecule has 2 heterocycles. The highest BCUT2D eigenvalue weighted by Crippen LogP contribution is 2.66. The standard InChI is InChI=1S/C47H37ClN2O8/c1-57-32-23-37(51)40(38(24-32)58-2)41-33-20-21-34-39(45(55)49(43(34)53)30-18-16-27(17-19-30)42(52)26-10-5-3-6-11-26)35(33)25-36-44(54)50(31-15-9-14-29(48)22-31)46(56)47(36,41)28-12-7-4-8-13-28/h3-20,22-24,34-36,39,41,51H,21,25H2,1-2H3/t34-,35+,36-,39-,41+,47+/m0/s1. The van der Waals surface area contributed by atoms with E-state index in [1.54, 1.807) is 91.0 Å². The smallest absolute Gasteiger partial charge is 0.246 e. The Bertz CT molecular complexity index is 2560. The van der Waals surface area contributed by atoms with Gasteiger partial charge in [-0.2, -0.15) is 0 Å². The van der Waals surface area contributed by atoms with Gasteiger partial charge in [-0.1, -0.05) is 90.0 Å². The number of anilines is 2. The number of amides is 4. The quantitative estimate of drug-likeness (QED) is 0.0964. The number of nitrogens with zero attached hydrogens (tertiary/aromatic N) is 2. The van der Waals surface area contributed by atoms with E-state index in [4.69, 9.17) is 21.1 Å². The third-order valence-corrected chi connectivity index (χ3v) is 12.7. The molecule has 6 atom stereocenters. The second-order valence-electron chi connectivity index (χ2n) is 15.1. The van der Waals surface area contributed by atoms with Crippen LogP contribution in [-0.2, 0) is 24.6 Å². The van der Waals surface area contributed by atoms with Crippen molar-refractivity contribution in [3.8, 4) is 17.2 Å². The first-order valence-corrected chi connectivity index (χ1v) is 19.4. The van der Waals surface area contributed by atoms with E-state index in [-0.39, 0.29) is 41.6 Å². The number of carbonyl (C=O) groups excluding carboxylic acids is 5. The van der Waals surface area contributed by atoms with Crippen molar-refractivity contribution in [3.63, 3.8) is 0 Å². The first-order chi connectivity index (χ1) is 28.1. The number of imide groups is 2. The van der Waals surface area contributed by atoms with E-state index in [1.165, 1.54) is 30.1 Å². The highest BCUT2D eigenvalue weighted by atomic mass is 35.5. The van der Waals surface area contributed by atoms with Gasteiger partial charge >= 0.3 is 0 Å². The number of phenols is 1. The molecule has 10 nitrogen and oxygen atoms in total. The first-order valence-electron chi connectivity index (χ1n) is 19.0. The van der Waals surface area contributed by atoms with Gasteiger partial charge in [0.05, 0.1) is 48.8 Å². The maximum absolute atomic E-state index is 15.6. The molecule has 3 fully saturated rings. The van der Waals surface area contributed by atoms with E-state index in [2.05, 4.69) is 0 Å². The van der Waals surface area contributed by atoms with Crippen molar-refractivity contribution >= 4 is 52.4 Å². The molecule has 9 rings (SSSR count). The van der Waals surface area contributed by atoms with Crippen LogP contribution in [0, 0.1) is 23.7 Å². The number of carbonyl (C=O) groups is 5. The Labute approximate surface area is 339 Å². The van der Waals surface area contributed by atoms with Crippen LogP contribution in [0.4, 0.5) is 11.4 Å². The largest absolute Gasteiger partial charge is 0.507 e. The maximum atomic E-state index is 15.6. The molecule has 58 heavy (non-hydrogen) atoms. The summed E-state index contributed by atoms with van der Waals surface area (Å²) in [6.07, 6.45) is 2.15. The number of hydrogen-bond acceptors (Lipinski definition) is 8. The number of halogens is 1. The molecule has 1 saturated carbocycles. The average Bonchev–Trinajstić information content (AvgIpc) is 3.64. The number of hydrogen-bond donors (Lipinski definition) is 1. The predicted molar refractivity (Wildman–Crippen MR) is 216 cm³/mol. The molecule has 1 N–H and O–H groups in total. The predicted octanol–water partition coefficient (Wildman–Crippen LogP) is 7.66. The normalized spacial score (nSPS) is 24.9. The maximum Gasteiger partial charge on any atom is 0.246 e. The fourth-order valence-corrected chi connectivity index (χ4v) is 10.2. The van der Waals surface area contributed by atoms with Gasteiger partial charge in [-0.25, -0.2) is 4.90 Å². The van der Waals surface area contributed by atoms with Crippen LogP contribution in [0.1, 0.15) is 45.8 Å². The zero-order valence-corrected chi connectivity index (χ0v) is 32.3. The van der Waals surface area contributed by atoms with E-state index >= 15 is 9.59 Å². The third kappa shape index (κ3) is 5.42. The van der Waals surface area contributed by atoms with Crippen LogP contribution in [0.15, 0.2) is 133 Å². The molecule has 5 aromatic rings. The second-order valence-corrected chi connectivity index (χ2v) is 15.5. The van der Waals surface area contributed by atoms with Crippen LogP contribution in [0.2, 0.25) is 5.02 Å². The lowest BCUT2D eigenvalue weighted by Crippen LogP contribution is -2.53. The number of methoxy groups -OCH3 is 2. The number of benzene rings is 5. The fraction of sp³-hybridized carbons (Fsp3) is 0.213. The average molecular weight is 793 g/mol. The zero-order valence-electron chi connectivity index (χ0n) is 31.5. The van der Waals surface area contributed by atoms with Crippen molar-refractivity contribution in [2.45, 2.75) is 24.2 Å². The van der Waals surface area contributed by atoms with E-state index in [0.717, 1.165) is 0 Å². The van der Waals surface area contributed by atoms with Gasteiger partial charge in [0.15, 0.2) is 5.78 Å². The number of phenolic OH excluding ortho intramolecular Hbond substituents is 1. The molecular weight excluding hydrogens is 756 g/mol. The summed E-state index contributed by atoms with van der Waals surface area (Å²) in [4.78, 5) is 75.3. The molecule has 4 aliphatic rings. The van der Waals surface area contributed by atoms with Crippen LogP contribution >= 0.6 is 11.6 Å². The van der Waals surface area contributed by atoms with Crippen LogP contribution in [-0.4, -0.2) is 48.7 Å². The molecule has 0 spiro atoms. The molecule has 4 amide bonds. The van der Waals surface area contributed by atoms with Gasteiger partial charge in [0.2, 0.25) is 23.6 Å². The van der Waals surface area contributed by atoms with Gasteiger partial charge in [0, 0.05) is 39.8 Å². The second kappa shape index (κ2) is 14.1. The Kier molecular flexibility index (Phi) is 9.04. The Morgan fingerprint density at radius 1 is 0.724 bits per heavy atom. The highest BCUT2D eigenvalue weighted by molar-refractivity contribution is 6.32. The number of ether oxygens (including phenoxy) is 2. The minimum atomic E-state index is -1.62. The van der Waals surface area contributed by atoms with Gasteiger partial charge in [-0.05, 0) is 66.8 Å². The Morgan fingerprint density at radius 2 is 1.41 bits per heavy atom. The summed E-state index contributed by atoms with van der Waals surface area (Å²) >= 11 is 6.43. The van der Waals surface area contributed by atoms with Gasteiger partial charge in [0.1, 0.15) is 17.2 Å².